The van der Waals surface area contributed by atoms with Crippen LogP contribution in [-0.4, -0.2) is 6.61 Å². The van der Waals surface area contributed by atoms with Gasteiger partial charge in [0.05, 0.1) is 0 Å². The van der Waals surface area contributed by atoms with Crippen LogP contribution in [0.1, 0.15) is 12.0 Å². The Morgan fingerprint density at radius 3 is 3.14 bits per heavy atom. The summed E-state index contributed by atoms with van der Waals surface area (Å²) in [5.41, 5.74) is 7.03. The molecule has 14 heavy (non-hydrogen) atoms. The van der Waals surface area contributed by atoms with E-state index in [0.717, 1.165) is 18.8 Å². The molecule has 0 amide bonds. The van der Waals surface area contributed by atoms with Crippen LogP contribution in [-0.2, 0) is 0 Å². The molecule has 2 aliphatic rings. The zero-order valence-electron chi connectivity index (χ0n) is 7.79. The molecule has 0 saturated carbocycles. The van der Waals surface area contributed by atoms with Gasteiger partial charge < -0.3 is 4.74 Å². The lowest BCUT2D eigenvalue weighted by Crippen LogP contribution is -2.10. The highest BCUT2D eigenvalue weighted by Gasteiger charge is 2.17. The summed E-state index contributed by atoms with van der Waals surface area (Å²) in [6.07, 6.45) is 5.08. The summed E-state index contributed by atoms with van der Waals surface area (Å²) in [7, 11) is 0. The van der Waals surface area contributed by atoms with Gasteiger partial charge in [-0.3, -0.25) is 0 Å². The van der Waals surface area contributed by atoms with Gasteiger partial charge >= 0.3 is 0 Å². The van der Waals surface area contributed by atoms with E-state index < -0.39 is 0 Å². The molecule has 0 unspecified atom stereocenters. The van der Waals surface area contributed by atoms with Crippen LogP contribution in [0.2, 0.25) is 0 Å². The van der Waals surface area contributed by atoms with Crippen molar-refractivity contribution in [1.29, 1.82) is 0 Å². The average molecular weight is 182 g/mol. The number of benzene rings is 1. The van der Waals surface area contributed by atoms with Gasteiger partial charge in [-0.1, -0.05) is 18.2 Å². The minimum absolute atomic E-state index is 0.723. The van der Waals surface area contributed by atoms with Crippen LogP contribution in [0.25, 0.3) is 5.57 Å². The average Bonchev–Trinajstić information content (AvgIpc) is 2.29. The second kappa shape index (κ2) is 2.90. The van der Waals surface area contributed by atoms with Crippen LogP contribution < -0.4 is 4.74 Å². The van der Waals surface area contributed by atoms with Crippen LogP contribution in [0.5, 0.6) is 5.75 Å². The van der Waals surface area contributed by atoms with Crippen molar-refractivity contribution in [3.8, 4) is 5.75 Å². The SMILES string of the molecule is C1=CCC2=C(C=1)c1ccccc1OC2. The third kappa shape index (κ3) is 1.03. The van der Waals surface area contributed by atoms with Gasteiger partial charge in [0.25, 0.3) is 0 Å². The highest BCUT2D eigenvalue weighted by Crippen LogP contribution is 2.35. The molecule has 1 heterocycles. The molecule has 1 nitrogen and oxygen atoms in total. The van der Waals surface area contributed by atoms with E-state index in [0.29, 0.717) is 0 Å². The maximum atomic E-state index is 5.67. The van der Waals surface area contributed by atoms with E-state index in [1.807, 2.05) is 18.2 Å². The number of allylic oxidation sites excluding steroid dienone is 2. The maximum Gasteiger partial charge on any atom is 0.127 e. The molecule has 0 spiro atoms. The molecule has 1 aliphatic carbocycles. The minimum atomic E-state index is 0.723. The van der Waals surface area contributed by atoms with Crippen molar-refractivity contribution in [3.05, 3.63) is 53.3 Å². The van der Waals surface area contributed by atoms with Crippen LogP contribution in [0.4, 0.5) is 0 Å². The first-order valence-corrected chi connectivity index (χ1v) is 4.80. The second-order valence-electron chi connectivity index (χ2n) is 3.52. The Morgan fingerprint density at radius 1 is 1.21 bits per heavy atom. The number of para-hydroxylation sites is 1. The first kappa shape index (κ1) is 7.66. The molecule has 0 bridgehead atoms. The van der Waals surface area contributed by atoms with Gasteiger partial charge in [-0.2, -0.15) is 0 Å². The molecule has 1 heteroatoms. The summed E-state index contributed by atoms with van der Waals surface area (Å²) in [5, 5.41) is 0. The molecule has 1 aromatic carbocycles. The molecule has 0 saturated heterocycles. The van der Waals surface area contributed by atoms with E-state index in [-0.39, 0.29) is 0 Å². The highest BCUT2D eigenvalue weighted by molar-refractivity contribution is 5.82. The fraction of sp³-hybridized carbons (Fsp3) is 0.154. The monoisotopic (exact) mass is 182 g/mol. The van der Waals surface area contributed by atoms with Crippen molar-refractivity contribution >= 4 is 5.57 Å². The molecule has 3 rings (SSSR count). The van der Waals surface area contributed by atoms with Crippen LogP contribution in [0, 0.1) is 0 Å². The predicted octanol–water partition coefficient (Wildman–Crippen LogP) is 2.95. The summed E-state index contributed by atoms with van der Waals surface area (Å²) in [6, 6.07) is 8.18. The quantitative estimate of drug-likeness (QED) is 0.560. The van der Waals surface area contributed by atoms with Gasteiger partial charge in [-0.25, -0.2) is 0 Å². The van der Waals surface area contributed by atoms with Gasteiger partial charge in [-0.15, -0.1) is 5.73 Å². The standard InChI is InChI=1S/C13H10O/c1-2-6-11-10(5-1)9-14-13-8-4-3-7-12(11)13/h1,3-4,6-8H,5,9H2. The Balaban J connectivity index is 2.23. The van der Waals surface area contributed by atoms with Gasteiger partial charge in [0, 0.05) is 5.56 Å². The Bertz CT molecular complexity index is 474. The maximum absolute atomic E-state index is 5.67. The lowest BCUT2D eigenvalue weighted by molar-refractivity contribution is 0.343. The number of rotatable bonds is 0. The fourth-order valence-electron chi connectivity index (χ4n) is 1.92. The fourth-order valence-corrected chi connectivity index (χ4v) is 1.92. The van der Waals surface area contributed by atoms with Gasteiger partial charge in [-0.05, 0) is 35.8 Å². The van der Waals surface area contributed by atoms with Crippen molar-refractivity contribution in [2.24, 2.45) is 0 Å². The van der Waals surface area contributed by atoms with Crippen LogP contribution >= 0.6 is 0 Å². The van der Waals surface area contributed by atoms with Crippen LogP contribution in [0.15, 0.2) is 47.7 Å². The Kier molecular flexibility index (Phi) is 1.59. The van der Waals surface area contributed by atoms with Gasteiger partial charge in [0.2, 0.25) is 0 Å². The van der Waals surface area contributed by atoms with E-state index in [4.69, 9.17) is 4.74 Å². The number of hydrogen-bond donors (Lipinski definition) is 0. The van der Waals surface area contributed by atoms with Gasteiger partial charge in [0.15, 0.2) is 0 Å². The Hall–Kier alpha value is -1.72. The molecule has 68 valence electrons. The molecule has 1 aromatic rings. The number of hydrogen-bond acceptors (Lipinski definition) is 1. The molecule has 1 aliphatic heterocycles. The Morgan fingerprint density at radius 2 is 2.14 bits per heavy atom. The summed E-state index contributed by atoms with van der Waals surface area (Å²) in [5.74, 6) is 0.992. The van der Waals surface area contributed by atoms with Crippen molar-refractivity contribution in [2.45, 2.75) is 6.42 Å². The van der Waals surface area contributed by atoms with E-state index in [1.165, 1.54) is 16.7 Å². The van der Waals surface area contributed by atoms with E-state index in [2.05, 4.69) is 23.9 Å². The largest absolute Gasteiger partial charge is 0.489 e. The summed E-state index contributed by atoms with van der Waals surface area (Å²) in [6.45, 7) is 0.723. The normalized spacial score (nSPS) is 17.4. The zero-order valence-corrected chi connectivity index (χ0v) is 7.79. The van der Waals surface area contributed by atoms with E-state index in [9.17, 15) is 0 Å². The molecule has 0 radical (unpaired) electrons. The molecular weight excluding hydrogens is 172 g/mol. The van der Waals surface area contributed by atoms with Gasteiger partial charge in [0.1, 0.15) is 12.4 Å². The lowest BCUT2D eigenvalue weighted by atomic mass is 9.93. The molecule has 0 atom stereocenters. The number of ether oxygens (including phenoxy) is 1. The third-order valence-electron chi connectivity index (χ3n) is 2.65. The summed E-state index contributed by atoms with van der Waals surface area (Å²) >= 11 is 0. The molecule has 0 fully saturated rings. The third-order valence-corrected chi connectivity index (χ3v) is 2.65. The lowest BCUT2D eigenvalue weighted by Gasteiger charge is -2.22. The topological polar surface area (TPSA) is 9.23 Å². The van der Waals surface area contributed by atoms with Crippen LogP contribution in [0.3, 0.4) is 0 Å². The highest BCUT2D eigenvalue weighted by atomic mass is 16.5. The second-order valence-corrected chi connectivity index (χ2v) is 3.52. The molecular formula is C13H10O. The summed E-state index contributed by atoms with van der Waals surface area (Å²) < 4.78 is 5.67. The van der Waals surface area contributed by atoms with E-state index >= 15 is 0 Å². The zero-order chi connectivity index (χ0) is 9.38. The molecule has 0 aromatic heterocycles. The van der Waals surface area contributed by atoms with Crippen molar-refractivity contribution < 1.29 is 4.74 Å². The predicted molar refractivity (Wildman–Crippen MR) is 56.1 cm³/mol. The first-order chi connectivity index (χ1) is 6.95. The van der Waals surface area contributed by atoms with Crippen molar-refractivity contribution in [2.75, 3.05) is 6.61 Å². The number of fused-ring (bicyclic) bond motifs is 2. The van der Waals surface area contributed by atoms with E-state index in [1.54, 1.807) is 0 Å². The summed E-state index contributed by atoms with van der Waals surface area (Å²) in [4.78, 5) is 0. The molecule has 0 N–H and O–H groups in total. The van der Waals surface area contributed by atoms with Crippen molar-refractivity contribution in [1.82, 2.24) is 0 Å². The smallest absolute Gasteiger partial charge is 0.127 e. The first-order valence-electron chi connectivity index (χ1n) is 4.80. The minimum Gasteiger partial charge on any atom is -0.489 e. The van der Waals surface area contributed by atoms with Crippen molar-refractivity contribution in [3.63, 3.8) is 0 Å². The Labute approximate surface area is 83.0 Å².